The summed E-state index contributed by atoms with van der Waals surface area (Å²) < 4.78 is 31.1. The highest BCUT2D eigenvalue weighted by Crippen LogP contribution is 2.53. The molecule has 0 saturated heterocycles. The average molecular weight is 901 g/mol. The smallest absolute Gasteiger partial charge is 0.171 e. The maximum Gasteiger partial charge on any atom is 0.171 e. The Kier molecular flexibility index (Phi) is 11.8. The third-order valence-corrected chi connectivity index (χ3v) is 19.8. The summed E-state index contributed by atoms with van der Waals surface area (Å²) >= 11 is 0. The van der Waals surface area contributed by atoms with E-state index in [2.05, 4.69) is 141 Å². The van der Waals surface area contributed by atoms with Gasteiger partial charge in [0, 0.05) is 43.7 Å². The van der Waals surface area contributed by atoms with Crippen molar-refractivity contribution in [2.24, 2.45) is 0 Å². The Balaban J connectivity index is 1.27. The molecule has 0 aromatic heterocycles. The summed E-state index contributed by atoms with van der Waals surface area (Å²) in [4.78, 5) is 0. The minimum absolute atomic E-state index is 0.0760. The first kappa shape index (κ1) is 45.4. The third kappa shape index (κ3) is 8.12. The lowest BCUT2D eigenvalue weighted by Crippen LogP contribution is -2.28. The molecular formula is C62H62O2P2. The van der Waals surface area contributed by atoms with Gasteiger partial charge in [0.2, 0.25) is 0 Å². The number of hydrogen-bond donors (Lipinski definition) is 0. The highest BCUT2D eigenvalue weighted by atomic mass is 31.2. The molecule has 0 heterocycles. The molecule has 4 heteroatoms. The molecule has 2 nitrogen and oxygen atoms in total. The summed E-state index contributed by atoms with van der Waals surface area (Å²) in [6.45, 7) is 20.9. The van der Waals surface area contributed by atoms with Gasteiger partial charge in [0.15, 0.2) is 14.3 Å². The molecule has 8 aromatic rings. The zero-order valence-corrected chi connectivity index (χ0v) is 41.7. The predicted molar refractivity (Wildman–Crippen MR) is 283 cm³/mol. The van der Waals surface area contributed by atoms with E-state index in [4.69, 9.17) is 0 Å². The van der Waals surface area contributed by atoms with Crippen LogP contribution in [0.15, 0.2) is 200 Å². The molecule has 332 valence electrons. The predicted octanol–water partition coefficient (Wildman–Crippen LogP) is 13.5. The summed E-state index contributed by atoms with van der Waals surface area (Å²) in [6.07, 6.45) is 0. The minimum atomic E-state index is -3.18. The van der Waals surface area contributed by atoms with Gasteiger partial charge in [-0.15, -0.1) is 0 Å². The van der Waals surface area contributed by atoms with Crippen LogP contribution in [0.25, 0.3) is 0 Å². The quantitative estimate of drug-likeness (QED) is 0.142. The van der Waals surface area contributed by atoms with E-state index >= 15 is 9.13 Å². The average Bonchev–Trinajstić information content (AvgIpc) is 3.32. The molecule has 0 amide bonds. The van der Waals surface area contributed by atoms with E-state index in [1.165, 1.54) is 50.1 Å². The third-order valence-electron chi connectivity index (χ3n) is 13.7. The van der Waals surface area contributed by atoms with Crippen LogP contribution in [0.3, 0.4) is 0 Å². The van der Waals surface area contributed by atoms with E-state index in [0.717, 1.165) is 31.8 Å². The second-order valence-electron chi connectivity index (χ2n) is 21.2. The molecule has 0 bridgehead atoms. The van der Waals surface area contributed by atoms with Crippen molar-refractivity contribution in [3.8, 4) is 0 Å². The van der Waals surface area contributed by atoms with E-state index < -0.39 is 14.3 Å². The van der Waals surface area contributed by atoms with Crippen LogP contribution >= 0.6 is 14.3 Å². The van der Waals surface area contributed by atoms with E-state index in [1.54, 1.807) is 0 Å². The lowest BCUT2D eigenvalue weighted by atomic mass is 9.64. The first-order valence-electron chi connectivity index (χ1n) is 23.4. The van der Waals surface area contributed by atoms with Gasteiger partial charge in [-0.05, 0) is 66.3 Å². The van der Waals surface area contributed by atoms with Crippen molar-refractivity contribution in [1.29, 1.82) is 0 Å². The van der Waals surface area contributed by atoms with Crippen molar-refractivity contribution < 1.29 is 9.13 Å². The Morgan fingerprint density at radius 3 is 0.894 bits per heavy atom. The fourth-order valence-corrected chi connectivity index (χ4v) is 15.5. The van der Waals surface area contributed by atoms with Gasteiger partial charge in [-0.3, -0.25) is 0 Å². The van der Waals surface area contributed by atoms with Crippen molar-refractivity contribution >= 4 is 46.1 Å². The molecule has 8 aromatic carbocycles. The Morgan fingerprint density at radius 1 is 0.303 bits per heavy atom. The standard InChI is InChI=1S/C62H62O2P2/c1-60(2,3)45-34-39-52-53(40-45)59(44-32-37-51(38-33-44)66(64,48-26-18-12-19-27-48)49-28-20-13-21-29-49)55-42-57(62(7,8)9)56(61(4,5)6)41-54(55)58(52)43-30-35-50(36-31-43)65(63,46-22-14-10-15-23-46)47-24-16-11-17-25-47/h10-42,58-59H,1-9H3. The molecule has 0 fully saturated rings. The first-order valence-corrected chi connectivity index (χ1v) is 26.8. The summed E-state index contributed by atoms with van der Waals surface area (Å²) in [7, 11) is -6.35. The molecule has 2 unspecified atom stereocenters. The largest absolute Gasteiger partial charge is 0.309 e. The normalized spacial score (nSPS) is 15.5. The zero-order chi connectivity index (χ0) is 46.6. The number of fused-ring (bicyclic) bond motifs is 2. The Hall–Kier alpha value is -5.78. The van der Waals surface area contributed by atoms with Crippen LogP contribution in [0.1, 0.15) is 124 Å². The molecule has 0 spiro atoms. The SMILES string of the molecule is CC(C)(C)c1ccc2c(c1)C(c1ccc(P(=O)(c3ccccc3)c3ccccc3)cc1)c1cc(C(C)(C)C)c(C(C)(C)C)cc1C2c1ccc(P(=O)(c2ccccc2)c2ccccc2)cc1. The molecule has 0 N–H and O–H groups in total. The van der Waals surface area contributed by atoms with E-state index in [0.29, 0.717) is 0 Å². The molecular weight excluding hydrogens is 839 g/mol. The molecule has 0 radical (unpaired) electrons. The fraction of sp³-hybridized carbons (Fsp3) is 0.226. The molecule has 1 aliphatic carbocycles. The van der Waals surface area contributed by atoms with Gasteiger partial charge in [-0.2, -0.15) is 0 Å². The highest BCUT2D eigenvalue weighted by molar-refractivity contribution is 7.85. The highest BCUT2D eigenvalue weighted by Gasteiger charge is 2.39. The van der Waals surface area contributed by atoms with Crippen molar-refractivity contribution in [2.75, 3.05) is 0 Å². The topological polar surface area (TPSA) is 34.1 Å². The summed E-state index contributed by atoms with van der Waals surface area (Å²) in [5.41, 5.74) is 11.1. The lowest BCUT2D eigenvalue weighted by molar-refractivity contribution is 0.527. The number of benzene rings is 8. The molecule has 0 aliphatic heterocycles. The second kappa shape index (κ2) is 17.1. The van der Waals surface area contributed by atoms with Gasteiger partial charge >= 0.3 is 0 Å². The zero-order valence-electron chi connectivity index (χ0n) is 39.9. The fourth-order valence-electron chi connectivity index (χ4n) is 10.2. The maximum absolute atomic E-state index is 15.6. The molecule has 1 aliphatic rings. The van der Waals surface area contributed by atoms with Crippen molar-refractivity contribution in [2.45, 2.75) is 90.4 Å². The van der Waals surface area contributed by atoms with Gasteiger partial charge in [0.05, 0.1) is 0 Å². The summed E-state index contributed by atoms with van der Waals surface area (Å²) in [6, 6.07) is 69.4. The summed E-state index contributed by atoms with van der Waals surface area (Å²) in [5, 5.41) is 4.96. The van der Waals surface area contributed by atoms with Crippen LogP contribution in [-0.4, -0.2) is 0 Å². The molecule has 9 rings (SSSR count). The Labute approximate surface area is 394 Å². The van der Waals surface area contributed by atoms with Crippen LogP contribution in [0, 0.1) is 0 Å². The molecule has 0 saturated carbocycles. The van der Waals surface area contributed by atoms with Gasteiger partial charge in [0.25, 0.3) is 0 Å². The van der Waals surface area contributed by atoms with Gasteiger partial charge in [-0.25, -0.2) is 0 Å². The maximum atomic E-state index is 15.6. The van der Waals surface area contributed by atoms with Crippen molar-refractivity contribution in [1.82, 2.24) is 0 Å². The van der Waals surface area contributed by atoms with Crippen LogP contribution in [0.2, 0.25) is 0 Å². The van der Waals surface area contributed by atoms with Gasteiger partial charge in [0.1, 0.15) is 0 Å². The molecule has 2 atom stereocenters. The van der Waals surface area contributed by atoms with E-state index in [9.17, 15) is 0 Å². The van der Waals surface area contributed by atoms with E-state index in [1.807, 2.05) is 121 Å². The number of hydrogen-bond acceptors (Lipinski definition) is 2. The van der Waals surface area contributed by atoms with E-state index in [-0.39, 0.29) is 28.1 Å². The first-order chi connectivity index (χ1) is 31.4. The summed E-state index contributed by atoms with van der Waals surface area (Å²) in [5.74, 6) is -0.158. The van der Waals surface area contributed by atoms with Gasteiger partial charge < -0.3 is 9.13 Å². The second-order valence-corrected chi connectivity index (χ2v) is 26.8. The Bertz CT molecular complexity index is 3010. The number of rotatable bonds is 8. The minimum Gasteiger partial charge on any atom is -0.309 e. The lowest BCUT2D eigenvalue weighted by Gasteiger charge is -2.40. The Morgan fingerprint density at radius 2 is 0.591 bits per heavy atom. The van der Waals surface area contributed by atoms with Crippen LogP contribution in [0.4, 0.5) is 0 Å². The monoisotopic (exact) mass is 900 g/mol. The van der Waals surface area contributed by atoms with Gasteiger partial charge in [-0.1, -0.05) is 263 Å². The van der Waals surface area contributed by atoms with Crippen molar-refractivity contribution in [3.63, 3.8) is 0 Å². The van der Waals surface area contributed by atoms with Crippen LogP contribution in [-0.2, 0) is 25.4 Å². The van der Waals surface area contributed by atoms with Crippen LogP contribution < -0.4 is 31.8 Å². The molecule has 66 heavy (non-hydrogen) atoms. The van der Waals surface area contributed by atoms with Crippen LogP contribution in [0.5, 0.6) is 0 Å². The van der Waals surface area contributed by atoms with Crippen molar-refractivity contribution in [3.05, 3.63) is 250 Å².